The van der Waals surface area contributed by atoms with Crippen molar-refractivity contribution in [1.29, 1.82) is 0 Å². The first-order valence-corrected chi connectivity index (χ1v) is 6.97. The van der Waals surface area contributed by atoms with Crippen LogP contribution in [0.4, 0.5) is 0 Å². The molecule has 0 spiro atoms. The van der Waals surface area contributed by atoms with E-state index in [4.69, 9.17) is 0 Å². The summed E-state index contributed by atoms with van der Waals surface area (Å²) < 4.78 is 1.81. The number of aryl methyl sites for hydroxylation is 1. The molecule has 1 unspecified atom stereocenters. The second kappa shape index (κ2) is 5.85. The normalized spacial score (nSPS) is 20.8. The number of nitrogens with zero attached hydrogens (tertiary/aromatic N) is 2. The van der Waals surface area contributed by atoms with Gasteiger partial charge in [-0.25, -0.2) is 0 Å². The van der Waals surface area contributed by atoms with Gasteiger partial charge in [0.15, 0.2) is 0 Å². The second-order valence-corrected chi connectivity index (χ2v) is 5.79. The fourth-order valence-electron chi connectivity index (χ4n) is 2.94. The van der Waals surface area contributed by atoms with E-state index in [1.807, 2.05) is 24.1 Å². The van der Waals surface area contributed by atoms with Gasteiger partial charge in [0, 0.05) is 30.9 Å². The van der Waals surface area contributed by atoms with Crippen molar-refractivity contribution in [3.05, 3.63) is 18.0 Å². The standard InChI is InChI=1S/C14H25N3O/c1-14(11-18,13-6-4-3-5-7-13)15-8-12-9-16-17(2)10-12/h9-10,13,15,18H,3-8,11H2,1-2H3. The largest absolute Gasteiger partial charge is 0.394 e. The van der Waals surface area contributed by atoms with Crippen molar-refractivity contribution in [3.8, 4) is 0 Å². The summed E-state index contributed by atoms with van der Waals surface area (Å²) in [5, 5.41) is 17.4. The summed E-state index contributed by atoms with van der Waals surface area (Å²) in [6.07, 6.45) is 10.3. The first-order chi connectivity index (χ1) is 8.64. The first-order valence-electron chi connectivity index (χ1n) is 6.97. The lowest BCUT2D eigenvalue weighted by Gasteiger charge is -2.39. The van der Waals surface area contributed by atoms with Crippen LogP contribution < -0.4 is 5.32 Å². The third-order valence-corrected chi connectivity index (χ3v) is 4.29. The number of aliphatic hydroxyl groups excluding tert-OH is 1. The SMILES string of the molecule is Cn1cc(CNC(C)(CO)C2CCCCC2)cn1. The summed E-state index contributed by atoms with van der Waals surface area (Å²) in [5.74, 6) is 0.591. The van der Waals surface area contributed by atoms with Crippen LogP contribution >= 0.6 is 0 Å². The number of nitrogens with one attached hydrogen (secondary N) is 1. The molecule has 1 aliphatic rings. The minimum Gasteiger partial charge on any atom is -0.394 e. The average Bonchev–Trinajstić information content (AvgIpc) is 2.83. The molecule has 0 saturated heterocycles. The summed E-state index contributed by atoms with van der Waals surface area (Å²) >= 11 is 0. The fourth-order valence-corrected chi connectivity index (χ4v) is 2.94. The lowest BCUT2D eigenvalue weighted by molar-refractivity contribution is 0.0937. The molecule has 1 heterocycles. The molecule has 4 nitrogen and oxygen atoms in total. The maximum absolute atomic E-state index is 9.74. The molecule has 1 aromatic rings. The van der Waals surface area contributed by atoms with Crippen molar-refractivity contribution in [3.63, 3.8) is 0 Å². The van der Waals surface area contributed by atoms with Crippen LogP contribution in [0.2, 0.25) is 0 Å². The summed E-state index contributed by atoms with van der Waals surface area (Å²) in [6, 6.07) is 0. The van der Waals surface area contributed by atoms with Gasteiger partial charge in [-0.05, 0) is 25.7 Å². The van der Waals surface area contributed by atoms with Crippen LogP contribution in [-0.2, 0) is 13.6 Å². The van der Waals surface area contributed by atoms with Crippen molar-refractivity contribution >= 4 is 0 Å². The molecule has 4 heteroatoms. The number of rotatable bonds is 5. The number of aromatic nitrogens is 2. The van der Waals surface area contributed by atoms with E-state index in [0.717, 1.165) is 6.54 Å². The van der Waals surface area contributed by atoms with E-state index in [-0.39, 0.29) is 12.1 Å². The van der Waals surface area contributed by atoms with E-state index < -0.39 is 0 Å². The molecule has 1 aliphatic carbocycles. The Morgan fingerprint density at radius 2 is 2.17 bits per heavy atom. The highest BCUT2D eigenvalue weighted by atomic mass is 16.3. The third-order valence-electron chi connectivity index (χ3n) is 4.29. The molecule has 0 amide bonds. The van der Waals surface area contributed by atoms with E-state index in [0.29, 0.717) is 5.92 Å². The lowest BCUT2D eigenvalue weighted by atomic mass is 9.76. The molecule has 102 valence electrons. The Bertz CT molecular complexity index is 371. The average molecular weight is 251 g/mol. The number of aliphatic hydroxyl groups is 1. The van der Waals surface area contributed by atoms with Gasteiger partial charge in [-0.15, -0.1) is 0 Å². The highest BCUT2D eigenvalue weighted by Gasteiger charge is 2.33. The summed E-state index contributed by atoms with van der Waals surface area (Å²) in [6.45, 7) is 3.14. The first kappa shape index (κ1) is 13.6. The van der Waals surface area contributed by atoms with Gasteiger partial charge < -0.3 is 10.4 Å². The van der Waals surface area contributed by atoms with Gasteiger partial charge in [0.25, 0.3) is 0 Å². The number of hydrogen-bond donors (Lipinski definition) is 2. The Kier molecular flexibility index (Phi) is 4.40. The molecule has 1 fully saturated rings. The molecule has 18 heavy (non-hydrogen) atoms. The van der Waals surface area contributed by atoms with Gasteiger partial charge in [0.1, 0.15) is 0 Å². The van der Waals surface area contributed by atoms with Gasteiger partial charge in [-0.2, -0.15) is 5.10 Å². The third kappa shape index (κ3) is 3.12. The monoisotopic (exact) mass is 251 g/mol. The zero-order valence-corrected chi connectivity index (χ0v) is 11.5. The number of hydrogen-bond acceptors (Lipinski definition) is 3. The molecule has 2 rings (SSSR count). The predicted molar refractivity (Wildman–Crippen MR) is 72.1 cm³/mol. The zero-order valence-electron chi connectivity index (χ0n) is 11.5. The molecular formula is C14H25N3O. The van der Waals surface area contributed by atoms with Crippen molar-refractivity contribution in [2.45, 2.75) is 51.1 Å². The molecule has 0 aliphatic heterocycles. The summed E-state index contributed by atoms with van der Waals surface area (Å²) in [5.41, 5.74) is 1.02. The van der Waals surface area contributed by atoms with E-state index in [9.17, 15) is 5.11 Å². The summed E-state index contributed by atoms with van der Waals surface area (Å²) in [7, 11) is 1.93. The molecule has 2 N–H and O–H groups in total. The Morgan fingerprint density at radius 3 is 2.72 bits per heavy atom. The van der Waals surface area contributed by atoms with Gasteiger partial charge in [-0.3, -0.25) is 4.68 Å². The van der Waals surface area contributed by atoms with Gasteiger partial charge in [0.05, 0.1) is 12.8 Å². The van der Waals surface area contributed by atoms with Crippen LogP contribution in [0.3, 0.4) is 0 Å². The van der Waals surface area contributed by atoms with Crippen LogP contribution in [0.15, 0.2) is 12.4 Å². The molecular weight excluding hydrogens is 226 g/mol. The van der Waals surface area contributed by atoms with E-state index in [1.54, 1.807) is 0 Å². The maximum atomic E-state index is 9.74. The minimum atomic E-state index is -0.156. The lowest BCUT2D eigenvalue weighted by Crippen LogP contribution is -2.52. The van der Waals surface area contributed by atoms with E-state index in [2.05, 4.69) is 17.3 Å². The fraction of sp³-hybridized carbons (Fsp3) is 0.786. The quantitative estimate of drug-likeness (QED) is 0.839. The van der Waals surface area contributed by atoms with Crippen molar-refractivity contribution < 1.29 is 5.11 Å². The van der Waals surface area contributed by atoms with Gasteiger partial charge >= 0.3 is 0 Å². The highest BCUT2D eigenvalue weighted by Crippen LogP contribution is 2.32. The topological polar surface area (TPSA) is 50.1 Å². The van der Waals surface area contributed by atoms with Crippen LogP contribution in [0.1, 0.15) is 44.6 Å². The molecule has 0 radical (unpaired) electrons. The molecule has 1 saturated carbocycles. The molecule has 1 atom stereocenters. The van der Waals surface area contributed by atoms with E-state index >= 15 is 0 Å². The van der Waals surface area contributed by atoms with Crippen molar-refractivity contribution in [2.24, 2.45) is 13.0 Å². The molecule has 0 aromatic carbocycles. The summed E-state index contributed by atoms with van der Waals surface area (Å²) in [4.78, 5) is 0. The van der Waals surface area contributed by atoms with Gasteiger partial charge in [-0.1, -0.05) is 19.3 Å². The second-order valence-electron chi connectivity index (χ2n) is 5.79. The Balaban J connectivity index is 1.94. The van der Waals surface area contributed by atoms with E-state index in [1.165, 1.54) is 37.7 Å². The Hall–Kier alpha value is -0.870. The van der Waals surface area contributed by atoms with Crippen LogP contribution in [-0.4, -0.2) is 27.0 Å². The molecule has 0 bridgehead atoms. The minimum absolute atomic E-state index is 0.156. The zero-order chi connectivity index (χ0) is 13.0. The Morgan fingerprint density at radius 1 is 1.44 bits per heavy atom. The smallest absolute Gasteiger partial charge is 0.0613 e. The highest BCUT2D eigenvalue weighted by molar-refractivity contribution is 5.05. The van der Waals surface area contributed by atoms with Crippen LogP contribution in [0.5, 0.6) is 0 Å². The van der Waals surface area contributed by atoms with Gasteiger partial charge in [0.2, 0.25) is 0 Å². The molecule has 1 aromatic heterocycles. The van der Waals surface area contributed by atoms with Crippen LogP contribution in [0, 0.1) is 5.92 Å². The Labute approximate surface area is 109 Å². The maximum Gasteiger partial charge on any atom is 0.0613 e. The van der Waals surface area contributed by atoms with Crippen molar-refractivity contribution in [1.82, 2.24) is 15.1 Å². The predicted octanol–water partition coefficient (Wildman–Crippen LogP) is 1.84. The van der Waals surface area contributed by atoms with Crippen LogP contribution in [0.25, 0.3) is 0 Å². The van der Waals surface area contributed by atoms with Crippen molar-refractivity contribution in [2.75, 3.05) is 6.61 Å².